The molecule has 0 saturated carbocycles. The van der Waals surface area contributed by atoms with Gasteiger partial charge in [-0.3, -0.25) is 4.52 Å². The quantitative estimate of drug-likeness (QED) is 0.474. The largest absolute Gasteiger partial charge is 0.490 e. The molecule has 0 aromatic carbocycles. The van der Waals surface area contributed by atoms with Crippen LogP contribution < -0.4 is 0 Å². The van der Waals surface area contributed by atoms with Gasteiger partial charge in [0.2, 0.25) is 0 Å². The van der Waals surface area contributed by atoms with Crippen LogP contribution in [0, 0.1) is 5.92 Å². The predicted molar refractivity (Wildman–Crippen MR) is 67.9 cm³/mol. The summed E-state index contributed by atoms with van der Waals surface area (Å²) >= 11 is 0. The van der Waals surface area contributed by atoms with Crippen molar-refractivity contribution in [2.75, 3.05) is 6.61 Å². The van der Waals surface area contributed by atoms with Crippen molar-refractivity contribution in [2.45, 2.75) is 32.5 Å². The molecule has 0 amide bonds. The lowest BCUT2D eigenvalue weighted by Crippen LogP contribution is -2.15. The summed E-state index contributed by atoms with van der Waals surface area (Å²) in [5.41, 5.74) is 0. The molecule has 11 nitrogen and oxygen atoms in total. The Balaban J connectivity index is 2.52. The Bertz CT molecular complexity index is 490. The molecule has 0 aliphatic carbocycles. The van der Waals surface area contributed by atoms with Crippen molar-refractivity contribution in [3.05, 3.63) is 0 Å². The van der Waals surface area contributed by atoms with Gasteiger partial charge >= 0.3 is 23.5 Å². The minimum atomic E-state index is -5.46. The molecular weight excluding hydrogens is 353 g/mol. The zero-order valence-corrected chi connectivity index (χ0v) is 13.8. The molecule has 1 aliphatic rings. The molecule has 0 radical (unpaired) electrons. The first-order chi connectivity index (χ1) is 9.30. The highest BCUT2D eigenvalue weighted by molar-refractivity contribution is 7.66. The van der Waals surface area contributed by atoms with Crippen LogP contribution in [0.2, 0.25) is 0 Å². The van der Waals surface area contributed by atoms with Crippen molar-refractivity contribution in [3.8, 4) is 0 Å². The Morgan fingerprint density at radius 1 is 1.05 bits per heavy atom. The van der Waals surface area contributed by atoms with Crippen molar-refractivity contribution in [1.29, 1.82) is 0 Å². The lowest BCUT2D eigenvalue weighted by Gasteiger charge is -2.17. The molecule has 4 N–H and O–H groups in total. The average molecular weight is 370 g/mol. The van der Waals surface area contributed by atoms with Crippen molar-refractivity contribution < 1.29 is 51.2 Å². The highest BCUT2D eigenvalue weighted by Crippen LogP contribution is 2.66. The molecule has 5 atom stereocenters. The first-order valence-electron chi connectivity index (χ1n) is 5.73. The van der Waals surface area contributed by atoms with Gasteiger partial charge in [-0.1, -0.05) is 6.92 Å². The van der Waals surface area contributed by atoms with E-state index in [0.717, 1.165) is 0 Å². The van der Waals surface area contributed by atoms with Gasteiger partial charge in [-0.25, -0.2) is 13.7 Å². The molecule has 1 rings (SSSR count). The van der Waals surface area contributed by atoms with Gasteiger partial charge < -0.3 is 24.3 Å². The Morgan fingerprint density at radius 3 is 2.05 bits per heavy atom. The van der Waals surface area contributed by atoms with Gasteiger partial charge in [-0.15, -0.1) is 0 Å². The van der Waals surface area contributed by atoms with Gasteiger partial charge in [0.05, 0.1) is 18.8 Å². The van der Waals surface area contributed by atoms with Crippen LogP contribution in [0.15, 0.2) is 0 Å². The van der Waals surface area contributed by atoms with Gasteiger partial charge in [0.1, 0.15) is 0 Å². The van der Waals surface area contributed by atoms with Gasteiger partial charge in [-0.2, -0.15) is 8.62 Å². The van der Waals surface area contributed by atoms with E-state index >= 15 is 0 Å². The number of hydrogen-bond acceptors (Lipinski definition) is 7. The van der Waals surface area contributed by atoms with E-state index in [0.29, 0.717) is 6.42 Å². The molecule has 21 heavy (non-hydrogen) atoms. The summed E-state index contributed by atoms with van der Waals surface area (Å²) in [5.74, 6) is 0.208. The fourth-order valence-corrected chi connectivity index (χ4v) is 4.74. The van der Waals surface area contributed by atoms with Crippen LogP contribution in [-0.2, 0) is 31.6 Å². The summed E-state index contributed by atoms with van der Waals surface area (Å²) < 4.78 is 49.9. The smallest absolute Gasteiger partial charge is 0.373 e. The Morgan fingerprint density at radius 2 is 1.62 bits per heavy atom. The predicted octanol–water partition coefficient (Wildman–Crippen LogP) is 1.14. The molecule has 14 heteroatoms. The summed E-state index contributed by atoms with van der Waals surface area (Å²) in [6, 6.07) is 0. The Hall–Kier alpha value is 0.370. The van der Waals surface area contributed by atoms with Gasteiger partial charge in [0, 0.05) is 0 Å². The first kappa shape index (κ1) is 19.4. The highest BCUT2D eigenvalue weighted by atomic mass is 31.3. The van der Waals surface area contributed by atoms with Gasteiger partial charge in [-0.05, 0) is 19.3 Å². The SMILES string of the molecule is CC1OC(COP(=O)(O)OP(=O)(O)OP(=O)(O)O)C[C@@H]1C. The van der Waals surface area contributed by atoms with Crippen molar-refractivity contribution >= 4 is 23.5 Å². The summed E-state index contributed by atoms with van der Waals surface area (Å²) in [5, 5.41) is 0. The fourth-order valence-electron chi connectivity index (χ4n) is 1.69. The molecule has 126 valence electrons. The zero-order chi connectivity index (χ0) is 16.5. The highest BCUT2D eigenvalue weighted by Gasteiger charge is 2.41. The van der Waals surface area contributed by atoms with Crippen molar-refractivity contribution in [3.63, 3.8) is 0 Å². The monoisotopic (exact) mass is 370 g/mol. The molecule has 0 spiro atoms. The zero-order valence-electron chi connectivity index (χ0n) is 11.1. The molecule has 1 aliphatic heterocycles. The van der Waals surface area contributed by atoms with Crippen LogP contribution in [-0.4, -0.2) is 38.4 Å². The van der Waals surface area contributed by atoms with E-state index in [2.05, 4.69) is 13.1 Å². The topological polar surface area (TPSA) is 169 Å². The van der Waals surface area contributed by atoms with E-state index in [1.54, 1.807) is 0 Å². The maximum atomic E-state index is 11.4. The van der Waals surface area contributed by atoms with Crippen molar-refractivity contribution in [1.82, 2.24) is 0 Å². The number of rotatable bonds is 7. The fraction of sp³-hybridized carbons (Fsp3) is 1.00. The molecule has 4 unspecified atom stereocenters. The molecule has 0 aromatic heterocycles. The summed E-state index contributed by atoms with van der Waals surface area (Å²) in [6.07, 6.45) is -0.0175. The summed E-state index contributed by atoms with van der Waals surface area (Å²) in [6.45, 7) is 3.34. The van der Waals surface area contributed by atoms with E-state index in [9.17, 15) is 18.6 Å². The minimum Gasteiger partial charge on any atom is -0.373 e. The average Bonchev–Trinajstić information content (AvgIpc) is 2.50. The Kier molecular flexibility index (Phi) is 6.35. The maximum Gasteiger partial charge on any atom is 0.490 e. The van der Waals surface area contributed by atoms with Crippen molar-refractivity contribution in [2.24, 2.45) is 5.92 Å². The van der Waals surface area contributed by atoms with Crippen LogP contribution in [0.5, 0.6) is 0 Å². The molecule has 1 saturated heterocycles. The summed E-state index contributed by atoms with van der Waals surface area (Å²) in [7, 11) is -15.9. The number of phosphoric acid groups is 3. The minimum absolute atomic E-state index is 0.0699. The second kappa shape index (κ2) is 6.86. The third-order valence-electron chi connectivity index (χ3n) is 2.68. The van der Waals surface area contributed by atoms with E-state index in [-0.39, 0.29) is 12.0 Å². The second-order valence-electron chi connectivity index (χ2n) is 4.56. The van der Waals surface area contributed by atoms with E-state index in [1.807, 2.05) is 13.8 Å². The third-order valence-corrected chi connectivity index (χ3v) is 6.49. The van der Waals surface area contributed by atoms with Crippen LogP contribution in [0.4, 0.5) is 0 Å². The second-order valence-corrected chi connectivity index (χ2v) is 8.98. The van der Waals surface area contributed by atoms with Gasteiger partial charge in [0.15, 0.2) is 0 Å². The third kappa shape index (κ3) is 7.45. The Labute approximate surface area is 120 Å². The normalized spacial score (nSPS) is 32.6. The number of hydrogen-bond donors (Lipinski definition) is 4. The number of phosphoric ester groups is 1. The van der Waals surface area contributed by atoms with Gasteiger partial charge in [0.25, 0.3) is 0 Å². The van der Waals surface area contributed by atoms with E-state index in [1.165, 1.54) is 0 Å². The van der Waals surface area contributed by atoms with Crippen LogP contribution in [0.3, 0.4) is 0 Å². The number of ether oxygens (including phenoxy) is 1. The van der Waals surface area contributed by atoms with Crippen LogP contribution >= 0.6 is 23.5 Å². The first-order valence-corrected chi connectivity index (χ1v) is 10.3. The van der Waals surface area contributed by atoms with E-state index < -0.39 is 36.2 Å². The molecule has 1 fully saturated rings. The summed E-state index contributed by atoms with van der Waals surface area (Å²) in [4.78, 5) is 34.9. The standard InChI is InChI=1S/C7H17O11P3/c1-5-3-7(16-6(5)2)4-15-20(11,12)18-21(13,14)17-19(8,9)10/h5-7H,3-4H2,1-2H3,(H,11,12)(H,13,14)(H2,8,9,10)/t5-,6?,7?/m0/s1. The molecule has 1 heterocycles. The maximum absolute atomic E-state index is 11.4. The molecule has 0 aromatic rings. The van der Waals surface area contributed by atoms with Crippen LogP contribution in [0.25, 0.3) is 0 Å². The molecular formula is C7H17O11P3. The lowest BCUT2D eigenvalue weighted by atomic mass is 10.0. The van der Waals surface area contributed by atoms with E-state index in [4.69, 9.17) is 19.4 Å². The van der Waals surface area contributed by atoms with Crippen LogP contribution in [0.1, 0.15) is 20.3 Å². The lowest BCUT2D eigenvalue weighted by molar-refractivity contribution is 0.0138. The molecule has 0 bridgehead atoms.